The number of hydrogen-bond acceptors (Lipinski definition) is 7. The number of nitrogens with zero attached hydrogens (tertiary/aromatic N) is 1. The lowest BCUT2D eigenvalue weighted by Gasteiger charge is -2.01. The van der Waals surface area contributed by atoms with Crippen LogP contribution in [-0.2, 0) is 27.3 Å². The Bertz CT molecular complexity index is 610. The molecule has 0 atom stereocenters. The summed E-state index contributed by atoms with van der Waals surface area (Å²) < 4.78 is 10.8. The highest BCUT2D eigenvalue weighted by Crippen LogP contribution is 2.22. The third kappa shape index (κ3) is 5.53. The van der Waals surface area contributed by atoms with Gasteiger partial charge in [0.2, 0.25) is 5.91 Å². The van der Waals surface area contributed by atoms with Crippen LogP contribution in [0.15, 0.2) is 32.5 Å². The molecule has 0 aliphatic heterocycles. The summed E-state index contributed by atoms with van der Waals surface area (Å²) in [4.78, 5) is 27.4. The van der Waals surface area contributed by atoms with Gasteiger partial charge in [0.05, 0.1) is 37.3 Å². The number of rotatable bonds is 8. The highest BCUT2D eigenvalue weighted by molar-refractivity contribution is 8.01. The Morgan fingerprint density at radius 1 is 1.50 bits per heavy atom. The Morgan fingerprint density at radius 2 is 2.36 bits per heavy atom. The van der Waals surface area contributed by atoms with E-state index in [4.69, 9.17) is 9.15 Å². The first-order chi connectivity index (χ1) is 10.7. The lowest BCUT2D eigenvalue weighted by molar-refractivity contribution is -0.142. The minimum atomic E-state index is -0.291. The molecule has 0 aromatic carbocycles. The van der Waals surface area contributed by atoms with Gasteiger partial charge in [0.1, 0.15) is 5.76 Å². The number of amides is 1. The Kier molecular flexibility index (Phi) is 6.47. The van der Waals surface area contributed by atoms with Crippen molar-refractivity contribution in [2.24, 2.45) is 0 Å². The van der Waals surface area contributed by atoms with E-state index >= 15 is 0 Å². The first-order valence-electron chi connectivity index (χ1n) is 6.69. The maximum atomic E-state index is 11.7. The molecule has 0 bridgehead atoms. The number of furan rings is 1. The molecular formula is C14H16N2O4S2. The molecule has 2 aromatic heterocycles. The molecule has 2 heterocycles. The number of esters is 1. The fourth-order valence-electron chi connectivity index (χ4n) is 1.57. The van der Waals surface area contributed by atoms with Crippen LogP contribution in [0.5, 0.6) is 0 Å². The van der Waals surface area contributed by atoms with Gasteiger partial charge in [-0.2, -0.15) is 0 Å². The molecule has 0 fully saturated rings. The van der Waals surface area contributed by atoms with Crippen LogP contribution in [0.25, 0.3) is 0 Å². The van der Waals surface area contributed by atoms with Crippen LogP contribution in [-0.4, -0.2) is 29.2 Å². The van der Waals surface area contributed by atoms with E-state index in [1.165, 1.54) is 23.1 Å². The second kappa shape index (κ2) is 8.60. The minimum absolute atomic E-state index is 0.0939. The summed E-state index contributed by atoms with van der Waals surface area (Å²) in [5.74, 6) is 0.598. The normalized spacial score (nSPS) is 10.4. The largest absolute Gasteiger partial charge is 0.467 e. The molecular weight excluding hydrogens is 324 g/mol. The summed E-state index contributed by atoms with van der Waals surface area (Å²) in [5.41, 5.74) is 0.668. The summed E-state index contributed by atoms with van der Waals surface area (Å²) in [6.07, 6.45) is 1.73. The van der Waals surface area contributed by atoms with Crippen molar-refractivity contribution in [3.05, 3.63) is 35.2 Å². The van der Waals surface area contributed by atoms with E-state index in [0.717, 1.165) is 4.34 Å². The van der Waals surface area contributed by atoms with Crippen molar-refractivity contribution in [2.45, 2.75) is 24.2 Å². The quantitative estimate of drug-likeness (QED) is 0.586. The van der Waals surface area contributed by atoms with Crippen LogP contribution in [0, 0.1) is 0 Å². The van der Waals surface area contributed by atoms with Crippen LogP contribution in [0.3, 0.4) is 0 Å². The maximum absolute atomic E-state index is 11.7. The summed E-state index contributed by atoms with van der Waals surface area (Å²) in [5, 5.41) is 4.57. The monoisotopic (exact) mass is 340 g/mol. The van der Waals surface area contributed by atoms with Crippen molar-refractivity contribution < 1.29 is 18.7 Å². The average molecular weight is 340 g/mol. The minimum Gasteiger partial charge on any atom is -0.467 e. The SMILES string of the molecule is CCOC(=O)Cc1csc(SCC(=O)NCc2ccco2)n1. The molecule has 118 valence electrons. The van der Waals surface area contributed by atoms with Crippen LogP contribution in [0.2, 0.25) is 0 Å². The molecule has 6 nitrogen and oxygen atoms in total. The molecule has 0 aliphatic carbocycles. The fraction of sp³-hybridized carbons (Fsp3) is 0.357. The van der Waals surface area contributed by atoms with E-state index in [9.17, 15) is 9.59 Å². The van der Waals surface area contributed by atoms with Crippen molar-refractivity contribution >= 4 is 35.0 Å². The van der Waals surface area contributed by atoms with E-state index in [0.29, 0.717) is 24.6 Å². The molecule has 8 heteroatoms. The van der Waals surface area contributed by atoms with Gasteiger partial charge in [0, 0.05) is 5.38 Å². The zero-order valence-electron chi connectivity index (χ0n) is 12.0. The number of ether oxygens (including phenoxy) is 1. The van der Waals surface area contributed by atoms with Crippen molar-refractivity contribution in [3.63, 3.8) is 0 Å². The second-order valence-corrected chi connectivity index (χ2v) is 6.31. The van der Waals surface area contributed by atoms with Gasteiger partial charge < -0.3 is 14.5 Å². The second-order valence-electron chi connectivity index (χ2n) is 4.23. The lowest BCUT2D eigenvalue weighted by atomic mass is 10.3. The highest BCUT2D eigenvalue weighted by Gasteiger charge is 2.10. The summed E-state index contributed by atoms with van der Waals surface area (Å²) in [6.45, 7) is 2.50. The number of aromatic nitrogens is 1. The van der Waals surface area contributed by atoms with Crippen LogP contribution >= 0.6 is 23.1 Å². The first kappa shape index (κ1) is 16.6. The van der Waals surface area contributed by atoms with Crippen molar-refractivity contribution in [3.8, 4) is 0 Å². The van der Waals surface area contributed by atoms with Crippen molar-refractivity contribution in [1.82, 2.24) is 10.3 Å². The predicted molar refractivity (Wildman–Crippen MR) is 83.7 cm³/mol. The maximum Gasteiger partial charge on any atom is 0.311 e. The smallest absolute Gasteiger partial charge is 0.311 e. The number of hydrogen-bond donors (Lipinski definition) is 1. The third-order valence-electron chi connectivity index (χ3n) is 2.53. The van der Waals surface area contributed by atoms with E-state index < -0.39 is 0 Å². The van der Waals surface area contributed by atoms with Crippen molar-refractivity contribution in [1.29, 1.82) is 0 Å². The number of thiazole rings is 1. The molecule has 0 unspecified atom stereocenters. The van der Waals surface area contributed by atoms with Gasteiger partial charge in [0.25, 0.3) is 0 Å². The Labute approximate surface area is 136 Å². The molecule has 22 heavy (non-hydrogen) atoms. The molecule has 0 aliphatic rings. The van der Waals surface area contributed by atoms with E-state index in [1.54, 1.807) is 30.7 Å². The molecule has 0 saturated heterocycles. The average Bonchev–Trinajstić information content (AvgIpc) is 3.14. The van der Waals surface area contributed by atoms with Crippen LogP contribution < -0.4 is 5.32 Å². The van der Waals surface area contributed by atoms with Crippen LogP contribution in [0.4, 0.5) is 0 Å². The fourth-order valence-corrected chi connectivity index (χ4v) is 3.25. The molecule has 1 amide bonds. The number of carbonyl (C=O) groups excluding carboxylic acids is 2. The zero-order valence-corrected chi connectivity index (χ0v) is 13.7. The Balaban J connectivity index is 1.71. The third-order valence-corrected chi connectivity index (χ3v) is 4.60. The molecule has 1 N–H and O–H groups in total. The Hall–Kier alpha value is -1.80. The van der Waals surface area contributed by atoms with Gasteiger partial charge in [-0.15, -0.1) is 11.3 Å². The zero-order chi connectivity index (χ0) is 15.8. The Morgan fingerprint density at radius 3 is 3.09 bits per heavy atom. The first-order valence-corrected chi connectivity index (χ1v) is 8.55. The van der Waals surface area contributed by atoms with Gasteiger partial charge in [-0.3, -0.25) is 9.59 Å². The topological polar surface area (TPSA) is 81.4 Å². The summed E-state index contributed by atoms with van der Waals surface area (Å²) >= 11 is 2.75. The summed E-state index contributed by atoms with van der Waals surface area (Å²) in [6, 6.07) is 3.58. The number of carbonyl (C=O) groups is 2. The number of nitrogens with one attached hydrogen (secondary N) is 1. The molecule has 2 aromatic rings. The molecule has 0 spiro atoms. The molecule has 0 radical (unpaired) electrons. The van der Waals surface area contributed by atoms with Gasteiger partial charge in [-0.1, -0.05) is 11.8 Å². The van der Waals surface area contributed by atoms with Gasteiger partial charge >= 0.3 is 5.97 Å². The van der Waals surface area contributed by atoms with Gasteiger partial charge in [-0.25, -0.2) is 4.98 Å². The molecule has 2 rings (SSSR count). The lowest BCUT2D eigenvalue weighted by Crippen LogP contribution is -2.24. The van der Waals surface area contributed by atoms with E-state index in [-0.39, 0.29) is 24.1 Å². The van der Waals surface area contributed by atoms with E-state index in [2.05, 4.69) is 10.3 Å². The van der Waals surface area contributed by atoms with Gasteiger partial charge in [0.15, 0.2) is 4.34 Å². The predicted octanol–water partition coefficient (Wildman–Crippen LogP) is 2.25. The highest BCUT2D eigenvalue weighted by atomic mass is 32.2. The summed E-state index contributed by atoms with van der Waals surface area (Å²) in [7, 11) is 0. The van der Waals surface area contributed by atoms with E-state index in [1.807, 2.05) is 0 Å². The molecule has 0 saturated carbocycles. The van der Waals surface area contributed by atoms with Gasteiger partial charge in [-0.05, 0) is 19.1 Å². The standard InChI is InChI=1S/C14H16N2O4S2/c1-2-19-13(18)6-10-8-21-14(16-10)22-9-12(17)15-7-11-4-3-5-20-11/h3-5,8H,2,6-7,9H2,1H3,(H,15,17). The van der Waals surface area contributed by atoms with Crippen molar-refractivity contribution in [2.75, 3.05) is 12.4 Å². The van der Waals surface area contributed by atoms with Crippen LogP contribution in [0.1, 0.15) is 18.4 Å². The number of thioether (sulfide) groups is 1.